The smallest absolute Gasteiger partial charge is 0.323 e. The number of carbonyl (C=O) groups is 1. The van der Waals surface area contributed by atoms with Gasteiger partial charge in [-0.1, -0.05) is 38.1 Å². The number of rotatable bonds is 5. The molecule has 0 saturated heterocycles. The molecule has 2 aromatic rings. The summed E-state index contributed by atoms with van der Waals surface area (Å²) >= 11 is 0. The molecule has 0 spiro atoms. The molecule has 4 heteroatoms. The molecule has 0 unspecified atom stereocenters. The summed E-state index contributed by atoms with van der Waals surface area (Å²) in [5.41, 5.74) is 3.78. The molecule has 2 amide bonds. The third-order valence-electron chi connectivity index (χ3n) is 3.33. The molecule has 22 heavy (non-hydrogen) atoms. The van der Waals surface area contributed by atoms with E-state index >= 15 is 0 Å². The molecule has 0 aromatic heterocycles. The van der Waals surface area contributed by atoms with Crippen molar-refractivity contribution < 1.29 is 9.53 Å². The number of amides is 2. The summed E-state index contributed by atoms with van der Waals surface area (Å²) in [6, 6.07) is 15.2. The van der Waals surface area contributed by atoms with Crippen LogP contribution in [0.25, 0.3) is 0 Å². The number of ether oxygens (including phenoxy) is 1. The van der Waals surface area contributed by atoms with E-state index in [-0.39, 0.29) is 6.03 Å². The molecule has 0 aliphatic carbocycles. The highest BCUT2D eigenvalue weighted by molar-refractivity contribution is 5.99. The Balaban J connectivity index is 1.96. The molecule has 0 atom stereocenters. The van der Waals surface area contributed by atoms with E-state index in [2.05, 4.69) is 24.5 Å². The molecule has 2 rings (SSSR count). The van der Waals surface area contributed by atoms with Crippen molar-refractivity contribution in [3.05, 3.63) is 59.7 Å². The van der Waals surface area contributed by atoms with Crippen LogP contribution in [0, 0.1) is 0 Å². The average molecular weight is 298 g/mol. The van der Waals surface area contributed by atoms with Gasteiger partial charge in [-0.05, 0) is 41.3 Å². The molecular weight excluding hydrogens is 276 g/mol. The van der Waals surface area contributed by atoms with Gasteiger partial charge in [0.25, 0.3) is 0 Å². The number of methoxy groups -OCH3 is 1. The van der Waals surface area contributed by atoms with Crippen LogP contribution in [0.3, 0.4) is 0 Å². The van der Waals surface area contributed by atoms with Crippen molar-refractivity contribution in [2.75, 3.05) is 17.7 Å². The molecule has 0 bridgehead atoms. The van der Waals surface area contributed by atoms with Gasteiger partial charge in [-0.15, -0.1) is 0 Å². The zero-order valence-corrected chi connectivity index (χ0v) is 13.2. The van der Waals surface area contributed by atoms with Gasteiger partial charge in [0.1, 0.15) is 0 Å². The highest BCUT2D eigenvalue weighted by Gasteiger charge is 2.04. The number of hydrogen-bond acceptors (Lipinski definition) is 2. The van der Waals surface area contributed by atoms with Gasteiger partial charge in [0, 0.05) is 18.5 Å². The van der Waals surface area contributed by atoms with Gasteiger partial charge in [0.2, 0.25) is 0 Å². The lowest BCUT2D eigenvalue weighted by atomic mass is 10.0. The Labute approximate surface area is 131 Å². The number of urea groups is 1. The van der Waals surface area contributed by atoms with Crippen LogP contribution in [0.15, 0.2) is 48.5 Å². The molecule has 4 nitrogen and oxygen atoms in total. The lowest BCUT2D eigenvalue weighted by Crippen LogP contribution is -2.19. The molecule has 0 radical (unpaired) electrons. The van der Waals surface area contributed by atoms with E-state index in [0.29, 0.717) is 12.5 Å². The standard InChI is InChI=1S/C18H22N2O2/c1-13(2)15-7-9-16(10-8-15)19-18(21)20-17-6-4-5-14(11-17)12-22-3/h4-11,13H,12H2,1-3H3,(H2,19,20,21). The van der Waals surface area contributed by atoms with Gasteiger partial charge in [-0.3, -0.25) is 0 Å². The molecule has 0 saturated carbocycles. The first-order chi connectivity index (χ1) is 10.6. The summed E-state index contributed by atoms with van der Waals surface area (Å²) in [4.78, 5) is 12.0. The van der Waals surface area contributed by atoms with Crippen molar-refractivity contribution >= 4 is 17.4 Å². The van der Waals surface area contributed by atoms with Gasteiger partial charge >= 0.3 is 6.03 Å². The van der Waals surface area contributed by atoms with E-state index in [1.165, 1.54) is 5.56 Å². The van der Waals surface area contributed by atoms with Gasteiger partial charge in [-0.2, -0.15) is 0 Å². The number of carbonyl (C=O) groups excluding carboxylic acids is 1. The Kier molecular flexibility index (Phi) is 5.55. The normalized spacial score (nSPS) is 10.5. The van der Waals surface area contributed by atoms with Crippen LogP contribution < -0.4 is 10.6 Å². The number of benzene rings is 2. The quantitative estimate of drug-likeness (QED) is 0.847. The van der Waals surface area contributed by atoms with Gasteiger partial charge in [0.05, 0.1) is 6.61 Å². The van der Waals surface area contributed by atoms with Crippen molar-refractivity contribution in [1.29, 1.82) is 0 Å². The largest absolute Gasteiger partial charge is 0.380 e. The van der Waals surface area contributed by atoms with E-state index in [1.54, 1.807) is 7.11 Å². The summed E-state index contributed by atoms with van der Waals surface area (Å²) in [7, 11) is 1.65. The van der Waals surface area contributed by atoms with Gasteiger partial charge in [0.15, 0.2) is 0 Å². The highest BCUT2D eigenvalue weighted by atomic mass is 16.5. The van der Waals surface area contributed by atoms with Gasteiger partial charge in [-0.25, -0.2) is 4.79 Å². The first kappa shape index (κ1) is 16.0. The third kappa shape index (κ3) is 4.60. The van der Waals surface area contributed by atoms with E-state index in [0.717, 1.165) is 16.9 Å². The van der Waals surface area contributed by atoms with Crippen LogP contribution in [0.4, 0.5) is 16.2 Å². The van der Waals surface area contributed by atoms with Crippen LogP contribution in [-0.4, -0.2) is 13.1 Å². The van der Waals surface area contributed by atoms with E-state index in [4.69, 9.17) is 4.74 Å². The molecular formula is C18H22N2O2. The molecule has 116 valence electrons. The Morgan fingerprint density at radius 3 is 2.36 bits per heavy atom. The minimum atomic E-state index is -0.258. The second kappa shape index (κ2) is 7.61. The Hall–Kier alpha value is -2.33. The summed E-state index contributed by atoms with van der Waals surface area (Å²) in [5, 5.41) is 5.65. The predicted molar refractivity (Wildman–Crippen MR) is 90.3 cm³/mol. The Bertz CT molecular complexity index is 621. The fourth-order valence-electron chi connectivity index (χ4n) is 2.15. The SMILES string of the molecule is COCc1cccc(NC(=O)Nc2ccc(C(C)C)cc2)c1. The van der Waals surface area contributed by atoms with Crippen LogP contribution in [-0.2, 0) is 11.3 Å². The molecule has 0 fully saturated rings. The Morgan fingerprint density at radius 1 is 1.05 bits per heavy atom. The molecule has 0 aliphatic heterocycles. The lowest BCUT2D eigenvalue weighted by Gasteiger charge is -2.10. The average Bonchev–Trinajstić information content (AvgIpc) is 2.48. The third-order valence-corrected chi connectivity index (χ3v) is 3.33. The van der Waals surface area contributed by atoms with Crippen LogP contribution in [0.5, 0.6) is 0 Å². The van der Waals surface area contributed by atoms with Crippen LogP contribution in [0.2, 0.25) is 0 Å². The van der Waals surface area contributed by atoms with E-state index in [1.807, 2.05) is 48.5 Å². The summed E-state index contributed by atoms with van der Waals surface area (Å²) in [6.07, 6.45) is 0. The maximum atomic E-state index is 12.0. The summed E-state index contributed by atoms with van der Waals surface area (Å²) in [6.45, 7) is 4.80. The number of hydrogen-bond donors (Lipinski definition) is 2. The van der Waals surface area contributed by atoms with Crippen molar-refractivity contribution in [2.24, 2.45) is 0 Å². The second-order valence-electron chi connectivity index (χ2n) is 5.49. The molecule has 2 aromatic carbocycles. The minimum Gasteiger partial charge on any atom is -0.380 e. The van der Waals surface area contributed by atoms with Crippen LogP contribution >= 0.6 is 0 Å². The molecule has 2 N–H and O–H groups in total. The zero-order valence-electron chi connectivity index (χ0n) is 13.2. The Morgan fingerprint density at radius 2 is 1.73 bits per heavy atom. The van der Waals surface area contributed by atoms with Crippen molar-refractivity contribution in [3.8, 4) is 0 Å². The fraction of sp³-hybridized carbons (Fsp3) is 0.278. The van der Waals surface area contributed by atoms with Crippen molar-refractivity contribution in [1.82, 2.24) is 0 Å². The molecule has 0 heterocycles. The van der Waals surface area contributed by atoms with E-state index < -0.39 is 0 Å². The maximum Gasteiger partial charge on any atom is 0.323 e. The number of anilines is 2. The first-order valence-corrected chi connectivity index (χ1v) is 7.34. The summed E-state index contributed by atoms with van der Waals surface area (Å²) in [5.74, 6) is 0.478. The fourth-order valence-corrected chi connectivity index (χ4v) is 2.15. The lowest BCUT2D eigenvalue weighted by molar-refractivity contribution is 0.185. The van der Waals surface area contributed by atoms with Crippen molar-refractivity contribution in [3.63, 3.8) is 0 Å². The first-order valence-electron chi connectivity index (χ1n) is 7.34. The second-order valence-corrected chi connectivity index (χ2v) is 5.49. The maximum absolute atomic E-state index is 12.0. The topological polar surface area (TPSA) is 50.4 Å². The number of nitrogens with one attached hydrogen (secondary N) is 2. The predicted octanol–water partition coefficient (Wildman–Crippen LogP) is 4.60. The highest BCUT2D eigenvalue weighted by Crippen LogP contribution is 2.17. The minimum absolute atomic E-state index is 0.258. The van der Waals surface area contributed by atoms with Gasteiger partial charge < -0.3 is 15.4 Å². The molecule has 0 aliphatic rings. The summed E-state index contributed by atoms with van der Waals surface area (Å²) < 4.78 is 5.09. The van der Waals surface area contributed by atoms with E-state index in [9.17, 15) is 4.79 Å². The van der Waals surface area contributed by atoms with Crippen LogP contribution in [0.1, 0.15) is 30.9 Å². The monoisotopic (exact) mass is 298 g/mol. The van der Waals surface area contributed by atoms with Crippen molar-refractivity contribution in [2.45, 2.75) is 26.4 Å². The zero-order chi connectivity index (χ0) is 15.9.